The van der Waals surface area contributed by atoms with Gasteiger partial charge in [0.15, 0.2) is 0 Å². The number of carbonyl (C=O) groups excluding carboxylic acids is 1. The van der Waals surface area contributed by atoms with Gasteiger partial charge in [-0.25, -0.2) is 4.79 Å². The Kier molecular flexibility index (Phi) is 5.17. The van der Waals surface area contributed by atoms with Crippen molar-refractivity contribution in [3.63, 3.8) is 0 Å². The lowest BCUT2D eigenvalue weighted by Gasteiger charge is -2.24. The van der Waals surface area contributed by atoms with Gasteiger partial charge in [-0.3, -0.25) is 0 Å². The highest BCUT2D eigenvalue weighted by molar-refractivity contribution is 7.99. The number of hydrogen-bond acceptors (Lipinski definition) is 4. The predicted molar refractivity (Wildman–Crippen MR) is 85.3 cm³/mol. The molecule has 116 valence electrons. The van der Waals surface area contributed by atoms with Crippen molar-refractivity contribution in [2.24, 2.45) is 0 Å². The Morgan fingerprint density at radius 2 is 2.00 bits per heavy atom. The lowest BCUT2D eigenvalue weighted by Crippen LogP contribution is -2.35. The van der Waals surface area contributed by atoms with Crippen LogP contribution in [-0.4, -0.2) is 46.1 Å². The van der Waals surface area contributed by atoms with Gasteiger partial charge < -0.3 is 14.7 Å². The largest absolute Gasteiger partial charge is 0.444 e. The molecule has 2 atom stereocenters. The van der Waals surface area contributed by atoms with Crippen LogP contribution in [0.2, 0.25) is 0 Å². The number of β-amino-alcohol motifs (C(OH)–C–C–N with tert-alkyl or cyclic N) is 1. The summed E-state index contributed by atoms with van der Waals surface area (Å²) in [7, 11) is 0. The monoisotopic (exact) mass is 309 g/mol. The predicted octanol–water partition coefficient (Wildman–Crippen LogP) is 2.90. The van der Waals surface area contributed by atoms with Gasteiger partial charge in [-0.15, -0.1) is 11.8 Å². The van der Waals surface area contributed by atoms with Gasteiger partial charge in [0.05, 0.1) is 17.9 Å². The minimum Gasteiger partial charge on any atom is -0.444 e. The second-order valence-corrected chi connectivity index (χ2v) is 7.52. The third kappa shape index (κ3) is 4.93. The van der Waals surface area contributed by atoms with Gasteiger partial charge in [0.1, 0.15) is 5.60 Å². The number of rotatable bonds is 3. The molecule has 0 aromatic heterocycles. The molecule has 1 aliphatic heterocycles. The SMILES string of the molecule is CC(C)(C)OC(=O)N1CC(O)C(SCc2ccccc2)C1. The normalized spacial score (nSPS) is 22.4. The van der Waals surface area contributed by atoms with E-state index < -0.39 is 11.7 Å². The molecule has 4 nitrogen and oxygen atoms in total. The number of ether oxygens (including phenoxy) is 1. The third-order valence-corrected chi connectivity index (χ3v) is 4.59. The smallest absolute Gasteiger partial charge is 0.410 e. The maximum atomic E-state index is 12.0. The molecule has 2 rings (SSSR count). The second kappa shape index (κ2) is 6.71. The Bertz CT molecular complexity index is 472. The van der Waals surface area contributed by atoms with E-state index in [0.29, 0.717) is 13.1 Å². The molecule has 2 unspecified atom stereocenters. The first-order chi connectivity index (χ1) is 9.85. The molecule has 1 amide bonds. The zero-order valence-electron chi connectivity index (χ0n) is 12.8. The highest BCUT2D eigenvalue weighted by Crippen LogP contribution is 2.27. The quantitative estimate of drug-likeness (QED) is 0.933. The van der Waals surface area contributed by atoms with Gasteiger partial charge in [-0.2, -0.15) is 0 Å². The molecular weight excluding hydrogens is 286 g/mol. The summed E-state index contributed by atoms with van der Waals surface area (Å²) in [6, 6.07) is 10.1. The molecule has 1 saturated heterocycles. The lowest BCUT2D eigenvalue weighted by molar-refractivity contribution is 0.0270. The van der Waals surface area contributed by atoms with Crippen molar-refractivity contribution in [1.29, 1.82) is 0 Å². The topological polar surface area (TPSA) is 49.8 Å². The third-order valence-electron chi connectivity index (χ3n) is 3.20. The highest BCUT2D eigenvalue weighted by atomic mass is 32.2. The summed E-state index contributed by atoms with van der Waals surface area (Å²) >= 11 is 1.68. The van der Waals surface area contributed by atoms with E-state index in [1.807, 2.05) is 39.0 Å². The van der Waals surface area contributed by atoms with Crippen LogP contribution in [0.5, 0.6) is 0 Å². The summed E-state index contributed by atoms with van der Waals surface area (Å²) in [4.78, 5) is 13.6. The number of hydrogen-bond donors (Lipinski definition) is 1. The highest BCUT2D eigenvalue weighted by Gasteiger charge is 2.36. The maximum Gasteiger partial charge on any atom is 0.410 e. The van der Waals surface area contributed by atoms with E-state index in [1.54, 1.807) is 16.7 Å². The van der Waals surface area contributed by atoms with E-state index in [1.165, 1.54) is 5.56 Å². The molecule has 1 fully saturated rings. The molecule has 1 aromatic carbocycles. The molecule has 0 bridgehead atoms. The molecule has 0 spiro atoms. The van der Waals surface area contributed by atoms with Crippen molar-refractivity contribution in [2.45, 2.75) is 43.5 Å². The fourth-order valence-corrected chi connectivity index (χ4v) is 3.37. The van der Waals surface area contributed by atoms with Gasteiger partial charge >= 0.3 is 6.09 Å². The fraction of sp³-hybridized carbons (Fsp3) is 0.562. The Balaban J connectivity index is 1.85. The van der Waals surface area contributed by atoms with Gasteiger partial charge in [0, 0.05) is 12.3 Å². The van der Waals surface area contributed by atoms with Crippen LogP contribution < -0.4 is 0 Å². The minimum absolute atomic E-state index is 0.0396. The molecule has 1 aromatic rings. The molecule has 1 aliphatic rings. The first kappa shape index (κ1) is 16.2. The number of aliphatic hydroxyl groups is 1. The van der Waals surface area contributed by atoms with E-state index in [0.717, 1.165) is 5.75 Å². The van der Waals surface area contributed by atoms with Crippen molar-refractivity contribution >= 4 is 17.9 Å². The van der Waals surface area contributed by atoms with Crippen LogP contribution in [0.3, 0.4) is 0 Å². The maximum absolute atomic E-state index is 12.0. The van der Waals surface area contributed by atoms with Crippen LogP contribution >= 0.6 is 11.8 Å². The average molecular weight is 309 g/mol. The summed E-state index contributed by atoms with van der Waals surface area (Å²) in [6.45, 7) is 6.42. The number of nitrogens with zero attached hydrogens (tertiary/aromatic N) is 1. The molecule has 0 radical (unpaired) electrons. The average Bonchev–Trinajstić information content (AvgIpc) is 2.77. The number of carbonyl (C=O) groups is 1. The van der Waals surface area contributed by atoms with Crippen LogP contribution in [0.1, 0.15) is 26.3 Å². The van der Waals surface area contributed by atoms with Gasteiger partial charge in [-0.1, -0.05) is 30.3 Å². The molecule has 1 heterocycles. The van der Waals surface area contributed by atoms with Crippen LogP contribution in [-0.2, 0) is 10.5 Å². The number of benzene rings is 1. The Morgan fingerprint density at radius 1 is 1.33 bits per heavy atom. The molecule has 0 saturated carbocycles. The lowest BCUT2D eigenvalue weighted by atomic mass is 10.2. The summed E-state index contributed by atoms with van der Waals surface area (Å²) in [6.07, 6.45) is -0.837. The zero-order chi connectivity index (χ0) is 15.5. The number of thioether (sulfide) groups is 1. The second-order valence-electron chi connectivity index (χ2n) is 6.29. The molecule has 21 heavy (non-hydrogen) atoms. The van der Waals surface area contributed by atoms with E-state index in [2.05, 4.69) is 12.1 Å². The number of likely N-dealkylation sites (tertiary alicyclic amines) is 1. The van der Waals surface area contributed by atoms with Crippen LogP contribution in [0.15, 0.2) is 30.3 Å². The summed E-state index contributed by atoms with van der Waals surface area (Å²) in [5, 5.41) is 10.2. The van der Waals surface area contributed by atoms with Gasteiger partial charge in [-0.05, 0) is 26.3 Å². The number of aliphatic hydroxyl groups excluding tert-OH is 1. The van der Waals surface area contributed by atoms with E-state index in [4.69, 9.17) is 4.74 Å². The van der Waals surface area contributed by atoms with Crippen molar-refractivity contribution in [2.75, 3.05) is 13.1 Å². The van der Waals surface area contributed by atoms with E-state index in [-0.39, 0.29) is 11.3 Å². The standard InChI is InChI=1S/C16H23NO3S/c1-16(2,3)20-15(19)17-9-13(18)14(10-17)21-11-12-7-5-4-6-8-12/h4-8,13-14,18H,9-11H2,1-3H3. The van der Waals surface area contributed by atoms with Gasteiger partial charge in [0.2, 0.25) is 0 Å². The first-order valence-electron chi connectivity index (χ1n) is 7.17. The summed E-state index contributed by atoms with van der Waals surface area (Å²) in [5.41, 5.74) is 0.725. The van der Waals surface area contributed by atoms with Crippen molar-refractivity contribution < 1.29 is 14.6 Å². The van der Waals surface area contributed by atoms with Crippen LogP contribution in [0, 0.1) is 0 Å². The molecular formula is C16H23NO3S. The van der Waals surface area contributed by atoms with Gasteiger partial charge in [0.25, 0.3) is 0 Å². The molecule has 0 aliphatic carbocycles. The van der Waals surface area contributed by atoms with Crippen molar-refractivity contribution in [3.8, 4) is 0 Å². The van der Waals surface area contributed by atoms with E-state index >= 15 is 0 Å². The fourth-order valence-electron chi connectivity index (χ4n) is 2.17. The Labute approximate surface area is 130 Å². The number of amides is 1. The minimum atomic E-state index is -0.503. The first-order valence-corrected chi connectivity index (χ1v) is 8.21. The van der Waals surface area contributed by atoms with Crippen molar-refractivity contribution in [1.82, 2.24) is 4.90 Å². The molecule has 5 heteroatoms. The van der Waals surface area contributed by atoms with Crippen LogP contribution in [0.4, 0.5) is 4.79 Å². The summed E-state index contributed by atoms with van der Waals surface area (Å²) < 4.78 is 5.35. The Morgan fingerprint density at radius 3 is 2.62 bits per heavy atom. The zero-order valence-corrected chi connectivity index (χ0v) is 13.6. The molecule has 1 N–H and O–H groups in total. The van der Waals surface area contributed by atoms with E-state index in [9.17, 15) is 9.90 Å². The van der Waals surface area contributed by atoms with Crippen molar-refractivity contribution in [3.05, 3.63) is 35.9 Å². The Hall–Kier alpha value is -1.20. The van der Waals surface area contributed by atoms with Crippen LogP contribution in [0.25, 0.3) is 0 Å². The summed E-state index contributed by atoms with van der Waals surface area (Å²) in [5.74, 6) is 0.838.